The van der Waals surface area contributed by atoms with Crippen LogP contribution in [0.4, 0.5) is 20.3 Å². The Morgan fingerprint density at radius 3 is 2.74 bits per heavy atom. The minimum atomic E-state index is -1.41. The zero-order valence-corrected chi connectivity index (χ0v) is 20.8. The summed E-state index contributed by atoms with van der Waals surface area (Å²) in [6.45, 7) is 3.67. The third kappa shape index (κ3) is 5.52. The number of nitrogens with zero attached hydrogens (tertiary/aromatic N) is 3. The Labute approximate surface area is 216 Å². The van der Waals surface area contributed by atoms with Gasteiger partial charge in [0.25, 0.3) is 0 Å². The monoisotopic (exact) mass is 544 g/mol. The van der Waals surface area contributed by atoms with E-state index < -0.39 is 18.1 Å². The van der Waals surface area contributed by atoms with E-state index in [1.807, 2.05) is 0 Å². The van der Waals surface area contributed by atoms with Crippen molar-refractivity contribution in [2.75, 3.05) is 25.5 Å². The van der Waals surface area contributed by atoms with Crippen molar-refractivity contribution in [3.05, 3.63) is 59.1 Å². The molecular weight excluding hydrogens is 525 g/mol. The van der Waals surface area contributed by atoms with Gasteiger partial charge in [-0.1, -0.05) is 29.8 Å². The van der Waals surface area contributed by atoms with Crippen LogP contribution in [0.2, 0.25) is 10.0 Å². The maximum atomic E-state index is 14.8. The summed E-state index contributed by atoms with van der Waals surface area (Å²) in [5, 5.41) is 3.24. The average Bonchev–Trinajstić information content (AvgIpc) is 2.84. The molecular formula is C23H21Cl3F2N4O3. The highest BCUT2D eigenvalue weighted by Gasteiger charge is 2.33. The minimum absolute atomic E-state index is 0. The van der Waals surface area contributed by atoms with Crippen LogP contribution < -0.4 is 14.8 Å². The molecule has 0 aliphatic carbocycles. The number of alkyl halides is 1. The van der Waals surface area contributed by atoms with Crippen LogP contribution in [0.5, 0.6) is 11.5 Å². The number of halogens is 5. The van der Waals surface area contributed by atoms with E-state index in [2.05, 4.69) is 21.9 Å². The Morgan fingerprint density at radius 1 is 1.29 bits per heavy atom. The number of methoxy groups -OCH3 is 1. The van der Waals surface area contributed by atoms with Crippen molar-refractivity contribution >= 4 is 63.9 Å². The summed E-state index contributed by atoms with van der Waals surface area (Å²) in [4.78, 5) is 21.6. The molecule has 1 aliphatic heterocycles. The Hall–Kier alpha value is -2.88. The first-order chi connectivity index (χ1) is 16.3. The molecule has 1 aromatic heterocycles. The summed E-state index contributed by atoms with van der Waals surface area (Å²) in [6.07, 6.45) is 0.546. The molecule has 4 rings (SSSR count). The lowest BCUT2D eigenvalue weighted by atomic mass is 10.1. The second-order valence-corrected chi connectivity index (χ2v) is 8.32. The molecule has 2 heterocycles. The van der Waals surface area contributed by atoms with Crippen LogP contribution in [0.1, 0.15) is 6.42 Å². The summed E-state index contributed by atoms with van der Waals surface area (Å²) < 4.78 is 40.8. The Morgan fingerprint density at radius 2 is 2.06 bits per heavy atom. The number of amides is 1. The van der Waals surface area contributed by atoms with E-state index in [9.17, 15) is 13.6 Å². The van der Waals surface area contributed by atoms with E-state index in [1.54, 1.807) is 12.1 Å². The third-order valence-corrected chi connectivity index (χ3v) is 6.24. The molecule has 0 saturated carbocycles. The molecule has 3 aromatic rings. The van der Waals surface area contributed by atoms with E-state index in [0.29, 0.717) is 23.2 Å². The van der Waals surface area contributed by atoms with E-state index in [0.717, 1.165) is 6.08 Å². The maximum absolute atomic E-state index is 14.8. The number of piperidine rings is 1. The van der Waals surface area contributed by atoms with Gasteiger partial charge in [-0.05, 0) is 24.3 Å². The molecule has 186 valence electrons. The van der Waals surface area contributed by atoms with Crippen LogP contribution in [0.25, 0.3) is 10.9 Å². The number of carbonyl (C=O) groups excluding carboxylic acids is 1. The zero-order chi connectivity index (χ0) is 24.4. The third-order valence-electron chi connectivity index (χ3n) is 5.46. The van der Waals surface area contributed by atoms with Crippen molar-refractivity contribution in [3.63, 3.8) is 0 Å². The number of hydrogen-bond donors (Lipinski definition) is 1. The highest BCUT2D eigenvalue weighted by molar-refractivity contribution is 6.42. The lowest BCUT2D eigenvalue weighted by molar-refractivity contribution is -0.129. The summed E-state index contributed by atoms with van der Waals surface area (Å²) >= 11 is 11.8. The van der Waals surface area contributed by atoms with Gasteiger partial charge in [0.1, 0.15) is 18.2 Å². The quantitative estimate of drug-likeness (QED) is 0.314. The normalized spacial score (nSPS) is 17.5. The summed E-state index contributed by atoms with van der Waals surface area (Å²) in [6, 6.07) is 6.11. The van der Waals surface area contributed by atoms with Crippen molar-refractivity contribution in [1.82, 2.24) is 14.9 Å². The van der Waals surface area contributed by atoms with Crippen LogP contribution in [-0.4, -0.2) is 53.2 Å². The Kier molecular flexibility index (Phi) is 8.58. The number of benzene rings is 2. The summed E-state index contributed by atoms with van der Waals surface area (Å²) in [5.74, 6) is -0.176. The average molecular weight is 546 g/mol. The molecule has 0 unspecified atom stereocenters. The molecule has 1 N–H and O–H groups in total. The number of hydrogen-bond acceptors (Lipinski definition) is 6. The first-order valence-corrected chi connectivity index (χ1v) is 11.0. The predicted octanol–water partition coefficient (Wildman–Crippen LogP) is 5.75. The number of rotatable bonds is 6. The van der Waals surface area contributed by atoms with Crippen LogP contribution >= 0.6 is 35.6 Å². The fourth-order valence-electron chi connectivity index (χ4n) is 3.67. The van der Waals surface area contributed by atoms with Gasteiger partial charge < -0.3 is 19.7 Å². The van der Waals surface area contributed by atoms with Gasteiger partial charge >= 0.3 is 0 Å². The number of ether oxygens (including phenoxy) is 2. The first kappa shape index (κ1) is 26.7. The molecule has 35 heavy (non-hydrogen) atoms. The molecule has 12 heteroatoms. The van der Waals surface area contributed by atoms with Crippen molar-refractivity contribution in [3.8, 4) is 11.5 Å². The first-order valence-electron chi connectivity index (χ1n) is 10.3. The minimum Gasteiger partial charge on any atom is -0.493 e. The molecule has 0 spiro atoms. The van der Waals surface area contributed by atoms with Gasteiger partial charge in [-0.25, -0.2) is 18.7 Å². The van der Waals surface area contributed by atoms with E-state index in [1.165, 1.54) is 30.5 Å². The van der Waals surface area contributed by atoms with Crippen molar-refractivity contribution < 1.29 is 23.0 Å². The van der Waals surface area contributed by atoms with E-state index in [-0.39, 0.29) is 58.6 Å². The van der Waals surface area contributed by atoms with Gasteiger partial charge in [-0.15, -0.1) is 12.4 Å². The molecule has 0 bridgehead atoms. The standard InChI is InChI=1S/C23H20Cl2F2N4O3.ClH/c1-3-20(32)31-7-6-17(14(26)10-31)34-19-8-12-16(9-18(19)33-2)28-11-29-23(12)30-15-5-4-13(24)21(25)22(15)27;/h3-5,8-9,11,14,17H,1,6-7,10H2,2H3,(H,28,29,30);1H/t14-,17+;/m1./s1. The van der Waals surface area contributed by atoms with Crippen LogP contribution in [-0.2, 0) is 4.79 Å². The smallest absolute Gasteiger partial charge is 0.246 e. The van der Waals surface area contributed by atoms with E-state index in [4.69, 9.17) is 32.7 Å². The number of anilines is 2. The number of likely N-dealkylation sites (tertiary alicyclic amines) is 1. The van der Waals surface area contributed by atoms with Crippen LogP contribution in [0, 0.1) is 5.82 Å². The Bertz CT molecular complexity index is 1260. The van der Waals surface area contributed by atoms with Gasteiger partial charge in [0.05, 0.1) is 34.9 Å². The summed E-state index contributed by atoms with van der Waals surface area (Å²) in [5.41, 5.74) is 0.557. The zero-order valence-electron chi connectivity index (χ0n) is 18.4. The molecule has 1 saturated heterocycles. The second kappa shape index (κ2) is 11.2. The maximum Gasteiger partial charge on any atom is 0.246 e. The van der Waals surface area contributed by atoms with Crippen molar-refractivity contribution in [2.24, 2.45) is 0 Å². The molecule has 1 amide bonds. The fourth-order valence-corrected chi connectivity index (χ4v) is 3.98. The largest absolute Gasteiger partial charge is 0.493 e. The number of aromatic nitrogens is 2. The van der Waals surface area contributed by atoms with Crippen molar-refractivity contribution in [2.45, 2.75) is 18.7 Å². The topological polar surface area (TPSA) is 76.6 Å². The highest BCUT2D eigenvalue weighted by atomic mass is 35.5. The molecule has 1 aliphatic rings. The Balaban J connectivity index is 0.00000342. The lowest BCUT2D eigenvalue weighted by Gasteiger charge is -2.34. The fraction of sp³-hybridized carbons (Fsp3) is 0.261. The van der Waals surface area contributed by atoms with Gasteiger partial charge in [0.15, 0.2) is 23.5 Å². The number of carbonyl (C=O) groups is 1. The number of fused-ring (bicyclic) bond motifs is 1. The summed E-state index contributed by atoms with van der Waals surface area (Å²) in [7, 11) is 1.46. The molecule has 1 fully saturated rings. The predicted molar refractivity (Wildman–Crippen MR) is 134 cm³/mol. The molecule has 2 aromatic carbocycles. The SMILES string of the molecule is C=CC(=O)N1CC[C@H](Oc2cc3c(Nc4ccc(Cl)c(Cl)c4F)ncnc3cc2OC)[C@H](F)C1.Cl. The van der Waals surface area contributed by atoms with Gasteiger partial charge in [0, 0.05) is 24.4 Å². The molecule has 7 nitrogen and oxygen atoms in total. The molecule has 2 atom stereocenters. The van der Waals surface area contributed by atoms with E-state index >= 15 is 0 Å². The van der Waals surface area contributed by atoms with Gasteiger partial charge in [0.2, 0.25) is 5.91 Å². The molecule has 0 radical (unpaired) electrons. The van der Waals surface area contributed by atoms with Crippen LogP contribution in [0.15, 0.2) is 43.2 Å². The second-order valence-electron chi connectivity index (χ2n) is 7.54. The van der Waals surface area contributed by atoms with Gasteiger partial charge in [-0.3, -0.25) is 4.79 Å². The van der Waals surface area contributed by atoms with Gasteiger partial charge in [-0.2, -0.15) is 0 Å². The number of nitrogens with one attached hydrogen (secondary N) is 1. The van der Waals surface area contributed by atoms with Crippen LogP contribution in [0.3, 0.4) is 0 Å². The highest BCUT2D eigenvalue weighted by Crippen LogP contribution is 2.37. The lowest BCUT2D eigenvalue weighted by Crippen LogP contribution is -2.48. The van der Waals surface area contributed by atoms with Crippen molar-refractivity contribution in [1.29, 1.82) is 0 Å².